The molecule has 0 spiro atoms. The molecule has 3 aromatic carbocycles. The summed E-state index contributed by atoms with van der Waals surface area (Å²) in [6.45, 7) is 0. The molecule has 0 fully saturated rings. The number of anilines is 1. The van der Waals surface area contributed by atoms with Gasteiger partial charge in [0.1, 0.15) is 12.1 Å². The van der Waals surface area contributed by atoms with Crippen LogP contribution in [0.4, 0.5) is 18.9 Å². The predicted octanol–water partition coefficient (Wildman–Crippen LogP) is 4.94. The van der Waals surface area contributed by atoms with Crippen LogP contribution in [0.15, 0.2) is 84.2 Å². The van der Waals surface area contributed by atoms with E-state index in [2.05, 4.69) is 30.7 Å². The fourth-order valence-corrected chi connectivity index (χ4v) is 3.40. The maximum absolute atomic E-state index is 12.3. The van der Waals surface area contributed by atoms with Gasteiger partial charge < -0.3 is 14.8 Å². The van der Waals surface area contributed by atoms with Crippen LogP contribution in [0, 0.1) is 0 Å². The summed E-state index contributed by atoms with van der Waals surface area (Å²) < 4.78 is 47.1. The van der Waals surface area contributed by atoms with Crippen molar-refractivity contribution in [2.45, 2.75) is 6.36 Å². The highest BCUT2D eigenvalue weighted by atomic mass is 32.1. The van der Waals surface area contributed by atoms with E-state index >= 15 is 0 Å². The third-order valence-corrected chi connectivity index (χ3v) is 5.15. The SMILES string of the molecule is COC(=O)c1ccccc1NC(=S)NN=Cc1ccc(-c2ncn(-c3ccc(OC(F)(F)F)cc3)n2)cc1. The van der Waals surface area contributed by atoms with E-state index in [0.717, 1.165) is 11.1 Å². The Morgan fingerprint density at radius 1 is 1.05 bits per heavy atom. The number of rotatable bonds is 7. The summed E-state index contributed by atoms with van der Waals surface area (Å²) in [4.78, 5) is 16.1. The van der Waals surface area contributed by atoms with E-state index in [4.69, 9.17) is 17.0 Å². The third-order valence-electron chi connectivity index (χ3n) is 4.96. The van der Waals surface area contributed by atoms with E-state index in [1.165, 1.54) is 42.4 Å². The molecule has 4 rings (SSSR count). The van der Waals surface area contributed by atoms with Gasteiger partial charge in [-0.15, -0.1) is 18.3 Å². The lowest BCUT2D eigenvalue weighted by Gasteiger charge is -2.10. The van der Waals surface area contributed by atoms with Gasteiger partial charge in [-0.25, -0.2) is 14.5 Å². The minimum Gasteiger partial charge on any atom is -0.465 e. The first-order valence-corrected chi connectivity index (χ1v) is 11.3. The van der Waals surface area contributed by atoms with Gasteiger partial charge in [0.05, 0.1) is 30.3 Å². The maximum atomic E-state index is 12.3. The summed E-state index contributed by atoms with van der Waals surface area (Å²) in [6, 6.07) is 19.2. The third kappa shape index (κ3) is 6.91. The average Bonchev–Trinajstić information content (AvgIpc) is 3.39. The van der Waals surface area contributed by atoms with Crippen molar-refractivity contribution in [3.05, 3.63) is 90.3 Å². The smallest absolute Gasteiger partial charge is 0.465 e. The molecule has 0 atom stereocenters. The van der Waals surface area contributed by atoms with E-state index in [0.29, 0.717) is 22.8 Å². The Hall–Kier alpha value is -4.78. The number of carbonyl (C=O) groups is 1. The molecule has 0 aliphatic rings. The van der Waals surface area contributed by atoms with Crippen molar-refractivity contribution < 1.29 is 27.4 Å². The van der Waals surface area contributed by atoms with Crippen molar-refractivity contribution >= 4 is 35.2 Å². The molecule has 2 N–H and O–H groups in total. The lowest BCUT2D eigenvalue weighted by molar-refractivity contribution is -0.274. The predicted molar refractivity (Wildman–Crippen MR) is 138 cm³/mol. The second-order valence-electron chi connectivity index (χ2n) is 7.54. The Morgan fingerprint density at radius 2 is 1.76 bits per heavy atom. The standard InChI is InChI=1S/C25H19F3N6O3S/c1-36-23(35)20-4-2-3-5-21(20)31-24(38)32-30-14-16-6-8-17(9-7-16)22-29-15-34(33-22)18-10-12-19(13-11-18)37-25(26,27)28/h2-15H,1H3,(H2,31,32,38). The van der Waals surface area contributed by atoms with Crippen LogP contribution in [0.2, 0.25) is 0 Å². The maximum Gasteiger partial charge on any atom is 0.573 e. The van der Waals surface area contributed by atoms with Crippen LogP contribution in [0.1, 0.15) is 15.9 Å². The highest BCUT2D eigenvalue weighted by Crippen LogP contribution is 2.24. The van der Waals surface area contributed by atoms with Crippen LogP contribution >= 0.6 is 12.2 Å². The number of methoxy groups -OCH3 is 1. The fraction of sp³-hybridized carbons (Fsp3) is 0.0800. The van der Waals surface area contributed by atoms with Crippen molar-refractivity contribution in [3.63, 3.8) is 0 Å². The van der Waals surface area contributed by atoms with Crippen LogP contribution in [0.3, 0.4) is 0 Å². The molecule has 0 unspecified atom stereocenters. The van der Waals surface area contributed by atoms with Gasteiger partial charge in [-0.05, 0) is 54.2 Å². The Bertz CT molecular complexity index is 1450. The van der Waals surface area contributed by atoms with Gasteiger partial charge in [-0.1, -0.05) is 36.4 Å². The number of hydrazone groups is 1. The summed E-state index contributed by atoms with van der Waals surface area (Å²) in [5, 5.41) is 11.6. The molecule has 0 aliphatic heterocycles. The van der Waals surface area contributed by atoms with Gasteiger partial charge in [-0.2, -0.15) is 5.10 Å². The second-order valence-corrected chi connectivity index (χ2v) is 7.95. The molecular weight excluding hydrogens is 521 g/mol. The number of esters is 1. The van der Waals surface area contributed by atoms with Crippen molar-refractivity contribution in [2.24, 2.45) is 5.10 Å². The summed E-state index contributed by atoms with van der Waals surface area (Å²) in [6.07, 6.45) is -1.74. The van der Waals surface area contributed by atoms with Crippen LogP contribution in [-0.4, -0.2) is 45.5 Å². The monoisotopic (exact) mass is 540 g/mol. The number of hydrogen-bond donors (Lipinski definition) is 2. The molecule has 0 aliphatic carbocycles. The zero-order valence-electron chi connectivity index (χ0n) is 19.6. The van der Waals surface area contributed by atoms with E-state index in [1.807, 2.05) is 0 Å². The van der Waals surface area contributed by atoms with Crippen molar-refractivity contribution in [3.8, 4) is 22.8 Å². The molecule has 0 bridgehead atoms. The van der Waals surface area contributed by atoms with Crippen LogP contribution in [0.25, 0.3) is 17.1 Å². The Kier molecular flexibility index (Phi) is 7.97. The lowest BCUT2D eigenvalue weighted by atomic mass is 10.1. The van der Waals surface area contributed by atoms with Gasteiger partial charge in [0, 0.05) is 5.56 Å². The number of halogens is 3. The molecule has 13 heteroatoms. The van der Waals surface area contributed by atoms with E-state index in [9.17, 15) is 18.0 Å². The normalized spacial score (nSPS) is 11.3. The summed E-state index contributed by atoms with van der Waals surface area (Å²) >= 11 is 5.23. The van der Waals surface area contributed by atoms with Crippen molar-refractivity contribution in [1.29, 1.82) is 0 Å². The van der Waals surface area contributed by atoms with Gasteiger partial charge in [-0.3, -0.25) is 5.43 Å². The summed E-state index contributed by atoms with van der Waals surface area (Å²) in [5.74, 6) is -0.389. The van der Waals surface area contributed by atoms with E-state index in [1.54, 1.807) is 54.7 Å². The van der Waals surface area contributed by atoms with Crippen molar-refractivity contribution in [2.75, 3.05) is 12.4 Å². The van der Waals surface area contributed by atoms with E-state index in [-0.39, 0.29) is 10.9 Å². The first-order chi connectivity index (χ1) is 18.2. The Morgan fingerprint density at radius 3 is 2.45 bits per heavy atom. The summed E-state index contributed by atoms with van der Waals surface area (Å²) in [7, 11) is 1.30. The van der Waals surface area contributed by atoms with Gasteiger partial charge in [0.25, 0.3) is 0 Å². The summed E-state index contributed by atoms with van der Waals surface area (Å²) in [5.41, 5.74) is 5.51. The average molecular weight is 541 g/mol. The van der Waals surface area contributed by atoms with Gasteiger partial charge >= 0.3 is 12.3 Å². The van der Waals surface area contributed by atoms with Crippen LogP contribution < -0.4 is 15.5 Å². The first kappa shape index (κ1) is 26.3. The second kappa shape index (κ2) is 11.5. The highest BCUT2D eigenvalue weighted by molar-refractivity contribution is 7.80. The highest BCUT2D eigenvalue weighted by Gasteiger charge is 2.31. The molecule has 1 aromatic heterocycles. The number of para-hydroxylation sites is 1. The Balaban J connectivity index is 1.35. The van der Waals surface area contributed by atoms with Gasteiger partial charge in [0.15, 0.2) is 10.9 Å². The molecule has 9 nitrogen and oxygen atoms in total. The fourth-order valence-electron chi connectivity index (χ4n) is 3.23. The molecule has 0 saturated heterocycles. The molecule has 194 valence electrons. The minimum absolute atomic E-state index is 0.182. The minimum atomic E-state index is -4.75. The van der Waals surface area contributed by atoms with Crippen LogP contribution in [-0.2, 0) is 4.74 Å². The number of thiocarbonyl (C=S) groups is 1. The quantitative estimate of drug-likeness (QED) is 0.147. The molecule has 0 amide bonds. The molecular formula is C25H19F3N6O3S. The van der Waals surface area contributed by atoms with Gasteiger partial charge in [0.2, 0.25) is 0 Å². The number of aromatic nitrogens is 3. The number of nitrogens with zero attached hydrogens (tertiary/aromatic N) is 4. The first-order valence-electron chi connectivity index (χ1n) is 10.9. The number of ether oxygens (including phenoxy) is 2. The van der Waals surface area contributed by atoms with Crippen LogP contribution in [0.5, 0.6) is 5.75 Å². The number of alkyl halides is 3. The zero-order chi connectivity index (χ0) is 27.1. The number of nitrogens with one attached hydrogen (secondary N) is 2. The topological polar surface area (TPSA) is 103 Å². The number of carbonyl (C=O) groups excluding carboxylic acids is 1. The molecule has 38 heavy (non-hydrogen) atoms. The largest absolute Gasteiger partial charge is 0.573 e. The van der Waals surface area contributed by atoms with Crippen molar-refractivity contribution in [1.82, 2.24) is 20.2 Å². The molecule has 0 saturated carbocycles. The molecule has 1 heterocycles. The zero-order valence-corrected chi connectivity index (χ0v) is 20.5. The number of benzene rings is 3. The Labute approximate surface area is 219 Å². The van der Waals surface area contributed by atoms with E-state index < -0.39 is 12.3 Å². The molecule has 4 aromatic rings. The lowest BCUT2D eigenvalue weighted by Crippen LogP contribution is -2.25. The molecule has 0 radical (unpaired) electrons. The number of hydrogen-bond acceptors (Lipinski definition) is 7.